The van der Waals surface area contributed by atoms with Gasteiger partial charge in [-0.2, -0.15) is 0 Å². The van der Waals surface area contributed by atoms with Crippen molar-refractivity contribution in [1.82, 2.24) is 5.43 Å². The highest BCUT2D eigenvalue weighted by Crippen LogP contribution is 2.22. The molecule has 1 rings (SSSR count). The zero-order valence-corrected chi connectivity index (χ0v) is 11.0. The van der Waals surface area contributed by atoms with Crippen LogP contribution in [0.4, 0.5) is 0 Å². The Balaban J connectivity index is 2.56. The molecule has 0 bridgehead atoms. The van der Waals surface area contributed by atoms with Crippen LogP contribution in [0.2, 0.25) is 0 Å². The number of hydrogen-bond donors (Lipinski definition) is 2. The first kappa shape index (κ1) is 12.2. The molecule has 0 aliphatic carbocycles. The molecule has 0 radical (unpaired) electrons. The number of nitrogens with one attached hydrogen (secondary N) is 1. The van der Waals surface area contributed by atoms with Gasteiger partial charge >= 0.3 is 0 Å². The fourth-order valence-electron chi connectivity index (χ4n) is 1.39. The highest BCUT2D eigenvalue weighted by Gasteiger charge is 2.15. The van der Waals surface area contributed by atoms with Crippen LogP contribution in [0.1, 0.15) is 25.1 Å². The van der Waals surface area contributed by atoms with Crippen molar-refractivity contribution in [3.63, 3.8) is 0 Å². The Morgan fingerprint density at radius 1 is 1.64 bits per heavy atom. The third kappa shape index (κ3) is 3.35. The van der Waals surface area contributed by atoms with Crippen LogP contribution in [0.25, 0.3) is 0 Å². The molecule has 4 heteroatoms. The van der Waals surface area contributed by atoms with E-state index in [1.54, 1.807) is 11.3 Å². The Labute approximate surface area is 98.0 Å². The minimum absolute atomic E-state index is 0.380. The van der Waals surface area contributed by atoms with Gasteiger partial charge in [-0.1, -0.05) is 20.3 Å². The molecule has 2 nitrogen and oxygen atoms in total. The summed E-state index contributed by atoms with van der Waals surface area (Å²) in [6.45, 7) is 4.42. The van der Waals surface area contributed by atoms with E-state index in [9.17, 15) is 0 Å². The Hall–Kier alpha value is 0.1000. The van der Waals surface area contributed by atoms with Gasteiger partial charge in [-0.05, 0) is 34.3 Å². The zero-order chi connectivity index (χ0) is 10.6. The van der Waals surface area contributed by atoms with Gasteiger partial charge in [0.15, 0.2) is 0 Å². The van der Waals surface area contributed by atoms with E-state index >= 15 is 0 Å². The van der Waals surface area contributed by atoms with E-state index in [4.69, 9.17) is 5.84 Å². The van der Waals surface area contributed by atoms with Gasteiger partial charge in [0.1, 0.15) is 0 Å². The monoisotopic (exact) mass is 276 g/mol. The Kier molecular flexibility index (Phi) is 5.09. The summed E-state index contributed by atoms with van der Waals surface area (Å²) in [5.41, 5.74) is 2.90. The lowest BCUT2D eigenvalue weighted by molar-refractivity contribution is 0.371. The normalized spacial score (nSPS) is 15.4. The van der Waals surface area contributed by atoms with Crippen molar-refractivity contribution < 1.29 is 0 Å². The summed E-state index contributed by atoms with van der Waals surface area (Å²) in [5, 5.41) is 2.11. The molecular weight excluding hydrogens is 260 g/mol. The lowest BCUT2D eigenvalue weighted by Gasteiger charge is -2.21. The van der Waals surface area contributed by atoms with Gasteiger partial charge in [-0.3, -0.25) is 11.3 Å². The molecule has 80 valence electrons. The SMILES string of the molecule is CCC(C)C(Cc1cc(Br)cs1)NN. The molecule has 3 N–H and O–H groups in total. The minimum Gasteiger partial charge on any atom is -0.271 e. The average Bonchev–Trinajstić information content (AvgIpc) is 2.59. The van der Waals surface area contributed by atoms with Gasteiger partial charge in [0, 0.05) is 20.8 Å². The Morgan fingerprint density at radius 2 is 2.36 bits per heavy atom. The van der Waals surface area contributed by atoms with E-state index in [1.165, 1.54) is 4.88 Å². The van der Waals surface area contributed by atoms with Crippen LogP contribution in [0, 0.1) is 5.92 Å². The Morgan fingerprint density at radius 3 is 2.79 bits per heavy atom. The quantitative estimate of drug-likeness (QED) is 0.641. The summed E-state index contributed by atoms with van der Waals surface area (Å²) in [6.07, 6.45) is 2.17. The van der Waals surface area contributed by atoms with E-state index < -0.39 is 0 Å². The van der Waals surface area contributed by atoms with Crippen molar-refractivity contribution in [2.75, 3.05) is 0 Å². The fourth-order valence-corrected chi connectivity index (χ4v) is 2.90. The van der Waals surface area contributed by atoms with Crippen LogP contribution in [0.5, 0.6) is 0 Å². The molecule has 1 aromatic rings. The highest BCUT2D eigenvalue weighted by molar-refractivity contribution is 9.10. The molecule has 0 saturated carbocycles. The molecular formula is C10H17BrN2S. The number of hydrazine groups is 1. The molecule has 1 heterocycles. The summed E-state index contributed by atoms with van der Waals surface area (Å²) in [4.78, 5) is 1.38. The molecule has 0 aromatic carbocycles. The zero-order valence-electron chi connectivity index (χ0n) is 8.59. The standard InChI is InChI=1S/C10H17BrN2S/c1-3-7(2)10(13-12)5-9-4-8(11)6-14-9/h4,6-7,10,13H,3,5,12H2,1-2H3. The smallest absolute Gasteiger partial charge is 0.0285 e. The van der Waals surface area contributed by atoms with Crippen LogP contribution >= 0.6 is 27.3 Å². The van der Waals surface area contributed by atoms with Gasteiger partial charge in [-0.25, -0.2) is 0 Å². The van der Waals surface area contributed by atoms with E-state index in [2.05, 4.69) is 46.6 Å². The summed E-state index contributed by atoms with van der Waals surface area (Å²) >= 11 is 5.24. The molecule has 0 aliphatic heterocycles. The number of hydrogen-bond acceptors (Lipinski definition) is 3. The summed E-state index contributed by atoms with van der Waals surface area (Å²) < 4.78 is 1.16. The molecule has 0 amide bonds. The van der Waals surface area contributed by atoms with Gasteiger partial charge in [-0.15, -0.1) is 11.3 Å². The predicted molar refractivity (Wildman–Crippen MR) is 66.3 cm³/mol. The molecule has 14 heavy (non-hydrogen) atoms. The average molecular weight is 277 g/mol. The summed E-state index contributed by atoms with van der Waals surface area (Å²) in [7, 11) is 0. The molecule has 2 unspecified atom stereocenters. The van der Waals surface area contributed by atoms with Gasteiger partial charge in [0.25, 0.3) is 0 Å². The van der Waals surface area contributed by atoms with Crippen molar-refractivity contribution in [2.24, 2.45) is 11.8 Å². The van der Waals surface area contributed by atoms with Crippen LogP contribution in [0.3, 0.4) is 0 Å². The van der Waals surface area contributed by atoms with E-state index in [1.807, 2.05) is 0 Å². The summed E-state index contributed by atoms with van der Waals surface area (Å²) in [5.74, 6) is 6.16. The molecule has 0 saturated heterocycles. The maximum atomic E-state index is 5.55. The largest absolute Gasteiger partial charge is 0.271 e. The van der Waals surface area contributed by atoms with E-state index in [0.29, 0.717) is 12.0 Å². The van der Waals surface area contributed by atoms with Crippen LogP contribution in [0.15, 0.2) is 15.9 Å². The van der Waals surface area contributed by atoms with Crippen LogP contribution < -0.4 is 11.3 Å². The number of nitrogens with two attached hydrogens (primary N) is 1. The summed E-state index contributed by atoms with van der Waals surface area (Å²) in [6, 6.07) is 2.54. The van der Waals surface area contributed by atoms with E-state index in [0.717, 1.165) is 17.3 Å². The van der Waals surface area contributed by atoms with Crippen LogP contribution in [-0.2, 0) is 6.42 Å². The maximum Gasteiger partial charge on any atom is 0.0285 e. The first-order valence-electron chi connectivity index (χ1n) is 4.86. The topological polar surface area (TPSA) is 38.0 Å². The van der Waals surface area contributed by atoms with Gasteiger partial charge < -0.3 is 0 Å². The van der Waals surface area contributed by atoms with Crippen molar-refractivity contribution in [1.29, 1.82) is 0 Å². The first-order chi connectivity index (χ1) is 6.67. The number of rotatable bonds is 5. The molecule has 0 fully saturated rings. The lowest BCUT2D eigenvalue weighted by Crippen LogP contribution is -2.41. The molecule has 2 atom stereocenters. The number of halogens is 1. The first-order valence-corrected chi connectivity index (χ1v) is 6.53. The minimum atomic E-state index is 0.380. The molecule has 1 aromatic heterocycles. The van der Waals surface area contributed by atoms with Crippen molar-refractivity contribution in [3.8, 4) is 0 Å². The maximum absolute atomic E-state index is 5.55. The van der Waals surface area contributed by atoms with Crippen molar-refractivity contribution >= 4 is 27.3 Å². The number of thiophene rings is 1. The molecule has 0 aliphatic rings. The second-order valence-corrected chi connectivity index (χ2v) is 5.51. The van der Waals surface area contributed by atoms with Gasteiger partial charge in [0.2, 0.25) is 0 Å². The third-order valence-electron chi connectivity index (χ3n) is 2.59. The second-order valence-electron chi connectivity index (χ2n) is 3.59. The van der Waals surface area contributed by atoms with E-state index in [-0.39, 0.29) is 0 Å². The highest BCUT2D eigenvalue weighted by atomic mass is 79.9. The molecule has 0 spiro atoms. The Bertz CT molecular complexity index is 275. The third-order valence-corrected chi connectivity index (χ3v) is 4.31. The lowest BCUT2D eigenvalue weighted by atomic mass is 9.96. The van der Waals surface area contributed by atoms with Crippen molar-refractivity contribution in [3.05, 3.63) is 20.8 Å². The second kappa shape index (κ2) is 5.85. The fraction of sp³-hybridized carbons (Fsp3) is 0.600. The van der Waals surface area contributed by atoms with Crippen molar-refractivity contribution in [2.45, 2.75) is 32.7 Å². The predicted octanol–water partition coefficient (Wildman–Crippen LogP) is 2.93. The van der Waals surface area contributed by atoms with Crippen LogP contribution in [-0.4, -0.2) is 6.04 Å². The van der Waals surface area contributed by atoms with Gasteiger partial charge in [0.05, 0.1) is 0 Å².